The fraction of sp³-hybridized carbons (Fsp3) is 0.286. The molecule has 36 heavy (non-hydrogen) atoms. The second kappa shape index (κ2) is 16.4. The number of nitrogens with zero attached hydrogens (tertiary/aromatic N) is 3. The average molecular weight is 491 g/mol. The smallest absolute Gasteiger partial charge is 0.245 e. The molecule has 192 valence electrons. The Hall–Kier alpha value is -4.20. The molecule has 2 aromatic carbocycles. The number of rotatable bonds is 5. The van der Waals surface area contributed by atoms with Crippen molar-refractivity contribution in [2.75, 3.05) is 24.6 Å². The van der Waals surface area contributed by atoms with Gasteiger partial charge in [0, 0.05) is 18.7 Å². The maximum absolute atomic E-state index is 10.8. The Bertz CT molecular complexity index is 1060. The molecule has 8 heteroatoms. The van der Waals surface area contributed by atoms with E-state index in [9.17, 15) is 4.79 Å². The minimum atomic E-state index is 0.0764. The first-order valence-electron chi connectivity index (χ1n) is 12.2. The molecular formula is C28H38N6O2. The number of carbonyl (C=O) groups is 1. The van der Waals surface area contributed by atoms with Gasteiger partial charge in [0.1, 0.15) is 29.5 Å². The van der Waals surface area contributed by atoms with E-state index in [2.05, 4.69) is 16.5 Å². The van der Waals surface area contributed by atoms with E-state index in [0.29, 0.717) is 16.9 Å². The molecule has 0 spiro atoms. The number of amides is 1. The van der Waals surface area contributed by atoms with E-state index in [4.69, 9.17) is 21.6 Å². The summed E-state index contributed by atoms with van der Waals surface area (Å²) >= 11 is 0. The lowest BCUT2D eigenvalue weighted by Crippen LogP contribution is -2.25. The third kappa shape index (κ3) is 8.87. The first-order chi connectivity index (χ1) is 17.5. The van der Waals surface area contributed by atoms with E-state index >= 15 is 0 Å². The van der Waals surface area contributed by atoms with Crippen LogP contribution in [0.1, 0.15) is 51.7 Å². The van der Waals surface area contributed by atoms with Crippen LogP contribution in [0, 0.1) is 5.41 Å². The summed E-state index contributed by atoms with van der Waals surface area (Å²) in [5.74, 6) is 1.88. The van der Waals surface area contributed by atoms with Gasteiger partial charge in [-0.3, -0.25) is 10.2 Å². The minimum Gasteiger partial charge on any atom is -0.457 e. The van der Waals surface area contributed by atoms with E-state index in [1.54, 1.807) is 24.3 Å². The SMILES string of the molecule is C=CC(=O)N1CCCC1.CC.CC.N=C(c1ccc(Oc2ccccc2)cc1)c1c(N)ncnc1N. The second-order valence-electron chi connectivity index (χ2n) is 7.07. The van der Waals surface area contributed by atoms with Crippen molar-refractivity contribution in [2.24, 2.45) is 0 Å². The summed E-state index contributed by atoms with van der Waals surface area (Å²) in [6.07, 6.45) is 4.96. The first-order valence-corrected chi connectivity index (χ1v) is 12.2. The number of hydrogen-bond acceptors (Lipinski definition) is 7. The van der Waals surface area contributed by atoms with Crippen LogP contribution < -0.4 is 16.2 Å². The van der Waals surface area contributed by atoms with Gasteiger partial charge in [0.15, 0.2) is 0 Å². The van der Waals surface area contributed by atoms with Crippen molar-refractivity contribution in [1.29, 1.82) is 5.41 Å². The highest BCUT2D eigenvalue weighted by molar-refractivity contribution is 6.15. The van der Waals surface area contributed by atoms with Crippen molar-refractivity contribution < 1.29 is 9.53 Å². The van der Waals surface area contributed by atoms with Gasteiger partial charge in [-0.1, -0.05) is 52.5 Å². The summed E-state index contributed by atoms with van der Waals surface area (Å²) in [7, 11) is 0. The number of anilines is 2. The van der Waals surface area contributed by atoms with E-state index in [1.165, 1.54) is 12.4 Å². The van der Waals surface area contributed by atoms with Gasteiger partial charge >= 0.3 is 0 Å². The monoisotopic (exact) mass is 490 g/mol. The van der Waals surface area contributed by atoms with Crippen molar-refractivity contribution >= 4 is 23.3 Å². The molecule has 1 fully saturated rings. The van der Waals surface area contributed by atoms with E-state index in [1.807, 2.05) is 62.9 Å². The first kappa shape index (κ1) is 29.8. The number of carbonyl (C=O) groups excluding carboxylic acids is 1. The summed E-state index contributed by atoms with van der Waals surface area (Å²) in [6.45, 7) is 13.3. The summed E-state index contributed by atoms with van der Waals surface area (Å²) < 4.78 is 5.72. The molecule has 0 saturated carbocycles. The lowest BCUT2D eigenvalue weighted by atomic mass is 10.0. The normalized spacial score (nSPS) is 11.4. The predicted octanol–water partition coefficient (Wildman–Crippen LogP) is 5.70. The van der Waals surface area contributed by atoms with Crippen LogP contribution >= 0.6 is 0 Å². The van der Waals surface area contributed by atoms with Gasteiger partial charge in [-0.15, -0.1) is 0 Å². The Morgan fingerprint density at radius 3 is 1.92 bits per heavy atom. The lowest BCUT2D eigenvalue weighted by molar-refractivity contribution is -0.124. The molecule has 0 radical (unpaired) electrons. The zero-order chi connectivity index (χ0) is 26.9. The number of benzene rings is 2. The molecule has 8 nitrogen and oxygen atoms in total. The van der Waals surface area contributed by atoms with Gasteiger partial charge in [-0.25, -0.2) is 9.97 Å². The summed E-state index contributed by atoms with van der Waals surface area (Å²) in [5.41, 5.74) is 12.8. The van der Waals surface area contributed by atoms with Gasteiger partial charge < -0.3 is 21.1 Å². The Kier molecular flexibility index (Phi) is 13.6. The molecule has 0 atom stereocenters. The zero-order valence-corrected chi connectivity index (χ0v) is 21.7. The number of nitrogens with two attached hydrogens (primary N) is 2. The van der Waals surface area contributed by atoms with E-state index in [0.717, 1.165) is 31.7 Å². The number of nitrogens with one attached hydrogen (secondary N) is 1. The van der Waals surface area contributed by atoms with Crippen LogP contribution in [0.2, 0.25) is 0 Å². The molecule has 1 aromatic heterocycles. The molecule has 3 aromatic rings. The number of nitrogen functional groups attached to an aromatic ring is 2. The fourth-order valence-corrected chi connectivity index (χ4v) is 3.19. The summed E-state index contributed by atoms with van der Waals surface area (Å²) in [4.78, 5) is 20.4. The van der Waals surface area contributed by atoms with Crippen LogP contribution in [0.25, 0.3) is 0 Å². The highest BCUT2D eigenvalue weighted by atomic mass is 16.5. The number of aromatic nitrogens is 2. The Morgan fingerprint density at radius 1 is 0.917 bits per heavy atom. The maximum Gasteiger partial charge on any atom is 0.245 e. The second-order valence-corrected chi connectivity index (χ2v) is 7.07. The molecule has 4 rings (SSSR count). The molecule has 5 N–H and O–H groups in total. The summed E-state index contributed by atoms with van der Waals surface area (Å²) in [6, 6.07) is 16.6. The molecule has 1 aliphatic heterocycles. The molecule has 1 saturated heterocycles. The van der Waals surface area contributed by atoms with Crippen molar-refractivity contribution in [2.45, 2.75) is 40.5 Å². The largest absolute Gasteiger partial charge is 0.457 e. The van der Waals surface area contributed by atoms with Gasteiger partial charge in [0.05, 0.1) is 11.3 Å². The standard InChI is InChI=1S/C17H15N5O.C7H11NO.2C2H6/c18-15(14-16(19)21-10-22-17(14)20)11-6-8-13(9-7-11)23-12-4-2-1-3-5-12;1-2-7(9)8-5-3-4-6-8;2*1-2/h1-10,18H,(H4,19,20,21,22);2H,1,3-6H2;2*1-2H3. The van der Waals surface area contributed by atoms with Crippen LogP contribution in [-0.2, 0) is 4.79 Å². The number of para-hydroxylation sites is 1. The highest BCUT2D eigenvalue weighted by Gasteiger charge is 2.15. The van der Waals surface area contributed by atoms with Gasteiger partial charge in [-0.2, -0.15) is 0 Å². The number of likely N-dealkylation sites (tertiary alicyclic amines) is 1. The average Bonchev–Trinajstić information content (AvgIpc) is 3.47. The van der Waals surface area contributed by atoms with Crippen molar-refractivity contribution in [3.8, 4) is 11.5 Å². The Labute approximate surface area is 214 Å². The molecular weight excluding hydrogens is 452 g/mol. The van der Waals surface area contributed by atoms with Crippen molar-refractivity contribution in [1.82, 2.24) is 14.9 Å². The quantitative estimate of drug-likeness (QED) is 0.311. The third-order valence-corrected chi connectivity index (χ3v) is 4.87. The molecule has 1 aliphatic rings. The molecule has 0 bridgehead atoms. The molecule has 2 heterocycles. The molecule has 1 amide bonds. The predicted molar refractivity (Wildman–Crippen MR) is 148 cm³/mol. The van der Waals surface area contributed by atoms with Crippen LogP contribution in [0.4, 0.5) is 11.6 Å². The van der Waals surface area contributed by atoms with Gasteiger partial charge in [0.25, 0.3) is 0 Å². The number of hydrogen-bond donors (Lipinski definition) is 3. The lowest BCUT2D eigenvalue weighted by Gasteiger charge is -2.10. The Morgan fingerprint density at radius 2 is 1.42 bits per heavy atom. The highest BCUT2D eigenvalue weighted by Crippen LogP contribution is 2.24. The van der Waals surface area contributed by atoms with Crippen molar-refractivity contribution in [3.05, 3.63) is 84.7 Å². The summed E-state index contributed by atoms with van der Waals surface area (Å²) in [5, 5.41) is 8.26. The zero-order valence-electron chi connectivity index (χ0n) is 21.7. The molecule has 0 unspecified atom stereocenters. The van der Waals surface area contributed by atoms with Crippen molar-refractivity contribution in [3.63, 3.8) is 0 Å². The Balaban J connectivity index is 0.000000417. The fourth-order valence-electron chi connectivity index (χ4n) is 3.19. The van der Waals surface area contributed by atoms with Crippen LogP contribution in [-0.4, -0.2) is 39.6 Å². The van der Waals surface area contributed by atoms with Gasteiger partial charge in [0.2, 0.25) is 5.91 Å². The topological polar surface area (TPSA) is 131 Å². The van der Waals surface area contributed by atoms with Crippen LogP contribution in [0.3, 0.4) is 0 Å². The third-order valence-electron chi connectivity index (χ3n) is 4.87. The van der Waals surface area contributed by atoms with E-state index < -0.39 is 0 Å². The van der Waals surface area contributed by atoms with Crippen LogP contribution in [0.15, 0.2) is 73.6 Å². The van der Waals surface area contributed by atoms with E-state index in [-0.39, 0.29) is 23.3 Å². The number of ether oxygens (including phenoxy) is 1. The van der Waals surface area contributed by atoms with Gasteiger partial charge in [-0.05, 0) is 55.3 Å². The van der Waals surface area contributed by atoms with Crippen LogP contribution in [0.5, 0.6) is 11.5 Å². The maximum atomic E-state index is 10.8. The minimum absolute atomic E-state index is 0.0764. The molecule has 0 aliphatic carbocycles.